The minimum Gasteiger partial charge on any atom is -0.464 e. The van der Waals surface area contributed by atoms with Crippen molar-refractivity contribution in [2.75, 3.05) is 26.4 Å². The molecular weight excluding hydrogens is 402 g/mol. The van der Waals surface area contributed by atoms with Gasteiger partial charge >= 0.3 is 0 Å². The van der Waals surface area contributed by atoms with Crippen LogP contribution in [-0.4, -0.2) is 54.0 Å². The molecule has 0 radical (unpaired) electrons. The Morgan fingerprint density at radius 2 is 1.96 bits per heavy atom. The molecule has 146 valence electrons. The van der Waals surface area contributed by atoms with E-state index >= 15 is 0 Å². The predicted molar refractivity (Wildman–Crippen MR) is 101 cm³/mol. The fraction of sp³-hybridized carbons (Fsp3) is 0.462. The highest BCUT2D eigenvalue weighted by atomic mass is 32.3. The summed E-state index contributed by atoms with van der Waals surface area (Å²) in [5, 5.41) is 7.59. The second-order valence-electron chi connectivity index (χ2n) is 5.75. The normalized spacial score (nSPS) is 17.0. The molecule has 1 aliphatic rings. The van der Waals surface area contributed by atoms with Gasteiger partial charge in [0.1, 0.15) is 17.2 Å². The molecule has 1 aromatic rings. The zero-order valence-corrected chi connectivity index (χ0v) is 16.7. The highest BCUT2D eigenvalue weighted by molar-refractivity contribution is 8.13. The van der Waals surface area contributed by atoms with Crippen LogP contribution in [0.25, 0.3) is 0 Å². The number of hydrogen-bond acceptors (Lipinski definition) is 9. The van der Waals surface area contributed by atoms with Crippen molar-refractivity contribution in [1.82, 2.24) is 10.2 Å². The maximum atomic E-state index is 11.7. The maximum absolute atomic E-state index is 11.7. The number of furan rings is 1. The van der Waals surface area contributed by atoms with E-state index in [9.17, 15) is 16.8 Å². The van der Waals surface area contributed by atoms with E-state index < -0.39 is 30.0 Å². The maximum Gasteiger partial charge on any atom is 0.299 e. The Morgan fingerprint density at radius 1 is 1.31 bits per heavy atom. The molecular formula is C13H21N5O5S3. The van der Waals surface area contributed by atoms with Gasteiger partial charge in [-0.2, -0.15) is 20.2 Å². The predicted octanol–water partition coefficient (Wildman–Crippen LogP) is -0.678. The van der Waals surface area contributed by atoms with Crippen molar-refractivity contribution in [2.45, 2.75) is 12.3 Å². The molecule has 0 spiro atoms. The topological polar surface area (TPSA) is 161 Å². The van der Waals surface area contributed by atoms with Crippen molar-refractivity contribution in [1.29, 1.82) is 0 Å². The van der Waals surface area contributed by atoms with Crippen LogP contribution in [-0.2, 0) is 32.3 Å². The van der Waals surface area contributed by atoms with Crippen LogP contribution in [0.1, 0.15) is 11.5 Å². The first-order valence-corrected chi connectivity index (χ1v) is 11.6. The summed E-state index contributed by atoms with van der Waals surface area (Å²) >= 11 is 1.56. The summed E-state index contributed by atoms with van der Waals surface area (Å²) in [6, 6.07) is 3.83. The molecule has 5 N–H and O–H groups in total. The lowest BCUT2D eigenvalue weighted by molar-refractivity contribution is 0.344. The van der Waals surface area contributed by atoms with Crippen molar-refractivity contribution < 1.29 is 21.3 Å². The zero-order chi connectivity index (χ0) is 19.5. The third-order valence-corrected chi connectivity index (χ3v) is 7.31. The minimum atomic E-state index is -4.48. The number of nitrogens with one attached hydrogen (secondary N) is 1. The summed E-state index contributed by atoms with van der Waals surface area (Å²) in [6.45, 7) is 1.06. The van der Waals surface area contributed by atoms with E-state index in [0.717, 1.165) is 18.1 Å². The smallest absolute Gasteiger partial charge is 0.299 e. The number of thioether (sulfide) groups is 1. The Morgan fingerprint density at radius 3 is 2.54 bits per heavy atom. The summed E-state index contributed by atoms with van der Waals surface area (Å²) < 4.78 is 54.1. The van der Waals surface area contributed by atoms with Crippen LogP contribution in [0.15, 0.2) is 30.9 Å². The summed E-state index contributed by atoms with van der Waals surface area (Å²) in [6.07, 6.45) is 0. The van der Waals surface area contributed by atoms with Crippen LogP contribution < -0.4 is 16.2 Å². The van der Waals surface area contributed by atoms with Gasteiger partial charge in [0, 0.05) is 12.3 Å². The molecule has 0 aromatic carbocycles. The van der Waals surface area contributed by atoms with E-state index in [0.29, 0.717) is 18.1 Å². The monoisotopic (exact) mass is 423 g/mol. The van der Waals surface area contributed by atoms with Crippen molar-refractivity contribution in [3.63, 3.8) is 0 Å². The first kappa shape index (κ1) is 20.8. The number of nitrogens with two attached hydrogens (primary N) is 2. The van der Waals surface area contributed by atoms with E-state index in [4.69, 9.17) is 15.3 Å². The van der Waals surface area contributed by atoms with Crippen LogP contribution in [0.3, 0.4) is 0 Å². The number of rotatable bonds is 8. The van der Waals surface area contributed by atoms with E-state index in [-0.39, 0.29) is 5.84 Å². The standard InChI is InChI=1S/C13H21N5O5S3/c1-18(2)7-9-3-4-10(23-9)8-24-6-5-16-12-11(14)13(25(15,19)20)26(21,22)17-12/h3-4H,5-8,14H2,1-2H3,(H,16,17)(H2,15,19,20). The number of primary sulfonamides is 1. The highest BCUT2D eigenvalue weighted by Gasteiger charge is 2.38. The van der Waals surface area contributed by atoms with Crippen LogP contribution >= 0.6 is 11.8 Å². The van der Waals surface area contributed by atoms with Gasteiger partial charge < -0.3 is 20.4 Å². The SMILES string of the molecule is CN(C)Cc1ccc(CSCCNC2=NS(=O)(=O)C(S(N)(=O)=O)=C2N)o1. The van der Waals surface area contributed by atoms with Crippen molar-refractivity contribution in [3.05, 3.63) is 33.6 Å². The van der Waals surface area contributed by atoms with E-state index in [2.05, 4.69) is 9.71 Å². The lowest BCUT2D eigenvalue weighted by Crippen LogP contribution is -2.30. The molecule has 0 bridgehead atoms. The zero-order valence-electron chi connectivity index (χ0n) is 14.3. The molecule has 1 aromatic heterocycles. The van der Waals surface area contributed by atoms with Gasteiger partial charge in [0.2, 0.25) is 4.24 Å². The van der Waals surface area contributed by atoms with Gasteiger partial charge in [0.05, 0.1) is 12.3 Å². The molecule has 26 heavy (non-hydrogen) atoms. The van der Waals surface area contributed by atoms with Gasteiger partial charge in [-0.05, 0) is 26.2 Å². The Kier molecular flexibility index (Phi) is 6.39. The van der Waals surface area contributed by atoms with Crippen molar-refractivity contribution in [3.8, 4) is 0 Å². The third kappa shape index (κ3) is 5.23. The van der Waals surface area contributed by atoms with Gasteiger partial charge in [0.15, 0.2) is 5.84 Å². The highest BCUT2D eigenvalue weighted by Crippen LogP contribution is 2.23. The molecule has 0 unspecified atom stereocenters. The van der Waals surface area contributed by atoms with Crippen LogP contribution in [0, 0.1) is 0 Å². The molecule has 10 nitrogen and oxygen atoms in total. The van der Waals surface area contributed by atoms with E-state index in [1.807, 2.05) is 31.1 Å². The minimum absolute atomic E-state index is 0.208. The number of nitrogens with zero attached hydrogens (tertiary/aromatic N) is 2. The molecule has 0 aliphatic carbocycles. The quantitative estimate of drug-likeness (QED) is 0.460. The summed E-state index contributed by atoms with van der Waals surface area (Å²) in [5.74, 6) is 2.75. The molecule has 2 rings (SSSR count). The van der Waals surface area contributed by atoms with Gasteiger partial charge in [0.25, 0.3) is 20.0 Å². The summed E-state index contributed by atoms with van der Waals surface area (Å²) in [4.78, 5) is 2.00. The number of sulfonamides is 2. The van der Waals surface area contributed by atoms with Crippen molar-refractivity contribution >= 4 is 37.6 Å². The molecule has 0 saturated carbocycles. The van der Waals surface area contributed by atoms with E-state index in [1.165, 1.54) is 0 Å². The van der Waals surface area contributed by atoms with Gasteiger partial charge in [-0.15, -0.1) is 4.40 Å². The average molecular weight is 424 g/mol. The van der Waals surface area contributed by atoms with Crippen LogP contribution in [0.5, 0.6) is 0 Å². The Bertz CT molecular complexity index is 931. The fourth-order valence-electron chi connectivity index (χ4n) is 2.18. The molecule has 0 atom stereocenters. The first-order valence-electron chi connectivity index (χ1n) is 7.42. The first-order chi connectivity index (χ1) is 12.0. The van der Waals surface area contributed by atoms with Crippen LogP contribution in [0.4, 0.5) is 0 Å². The van der Waals surface area contributed by atoms with Gasteiger partial charge in [-0.1, -0.05) is 0 Å². The van der Waals surface area contributed by atoms with E-state index in [1.54, 1.807) is 11.8 Å². The second-order valence-corrected chi connectivity index (χ2v) is 10.1. The molecule has 0 amide bonds. The lowest BCUT2D eigenvalue weighted by Gasteiger charge is -2.06. The molecule has 0 fully saturated rings. The third-order valence-electron chi connectivity index (χ3n) is 3.15. The Labute approximate surface area is 156 Å². The second kappa shape index (κ2) is 8.00. The lowest BCUT2D eigenvalue weighted by atomic mass is 10.4. The Balaban J connectivity index is 1.84. The number of hydrogen-bond donors (Lipinski definition) is 3. The summed E-state index contributed by atoms with van der Waals surface area (Å²) in [5.41, 5.74) is 5.07. The molecule has 0 saturated heterocycles. The van der Waals surface area contributed by atoms with Gasteiger partial charge in [-0.25, -0.2) is 13.6 Å². The largest absolute Gasteiger partial charge is 0.464 e. The molecule has 1 aliphatic heterocycles. The summed E-state index contributed by atoms with van der Waals surface area (Å²) in [7, 11) is -4.96. The fourth-order valence-corrected chi connectivity index (χ4v) is 5.48. The molecule has 13 heteroatoms. The average Bonchev–Trinajstić information content (AvgIpc) is 2.99. The molecule has 2 heterocycles. The van der Waals surface area contributed by atoms with Gasteiger partial charge in [-0.3, -0.25) is 0 Å². The number of amidine groups is 1. The van der Waals surface area contributed by atoms with Crippen molar-refractivity contribution in [2.24, 2.45) is 15.3 Å². The Hall–Kier alpha value is -1.54. The van der Waals surface area contributed by atoms with Crippen LogP contribution in [0.2, 0.25) is 0 Å².